The summed E-state index contributed by atoms with van der Waals surface area (Å²) in [6.07, 6.45) is -4.68. The molecule has 0 radical (unpaired) electrons. The van der Waals surface area contributed by atoms with Gasteiger partial charge in [-0.3, -0.25) is 0 Å². The summed E-state index contributed by atoms with van der Waals surface area (Å²) in [7, 11) is 0. The molecule has 1 amide bonds. The van der Waals surface area contributed by atoms with Gasteiger partial charge in [-0.1, -0.05) is 48.4 Å². The fourth-order valence-corrected chi connectivity index (χ4v) is 3.50. The van der Waals surface area contributed by atoms with Crippen LogP contribution in [0.2, 0.25) is 0 Å². The highest BCUT2D eigenvalue weighted by Crippen LogP contribution is 2.35. The van der Waals surface area contributed by atoms with Crippen molar-refractivity contribution in [3.63, 3.8) is 0 Å². The molecule has 31 heavy (non-hydrogen) atoms. The number of nitrogens with zero attached hydrogens (tertiary/aromatic N) is 2. The molecule has 2 aromatic carbocycles. The van der Waals surface area contributed by atoms with E-state index in [-0.39, 0.29) is 18.2 Å². The van der Waals surface area contributed by atoms with Crippen LogP contribution in [-0.2, 0) is 11.3 Å². The van der Waals surface area contributed by atoms with E-state index in [1.807, 2.05) is 35.2 Å². The summed E-state index contributed by atoms with van der Waals surface area (Å²) in [6, 6.07) is 15.6. The lowest BCUT2D eigenvalue weighted by Gasteiger charge is -2.40. The Kier molecular flexibility index (Phi) is 7.11. The molecule has 0 N–H and O–H groups in total. The Bertz CT molecular complexity index is 933. The summed E-state index contributed by atoms with van der Waals surface area (Å²) in [6.45, 7) is 4.38. The third kappa shape index (κ3) is 5.72. The highest BCUT2D eigenvalue weighted by molar-refractivity contribution is 5.68. The molecule has 1 aliphatic rings. The van der Waals surface area contributed by atoms with Gasteiger partial charge in [0, 0.05) is 18.8 Å². The zero-order valence-electron chi connectivity index (χ0n) is 17.5. The van der Waals surface area contributed by atoms with Crippen molar-refractivity contribution in [3.8, 4) is 11.8 Å². The molecule has 0 spiro atoms. The minimum absolute atomic E-state index is 0.197. The van der Waals surface area contributed by atoms with Crippen molar-refractivity contribution in [2.45, 2.75) is 38.6 Å². The number of carbonyl (C=O) groups is 1. The molecule has 2 aromatic rings. The first-order chi connectivity index (χ1) is 14.8. The van der Waals surface area contributed by atoms with Crippen LogP contribution in [0.1, 0.15) is 30.9 Å². The van der Waals surface area contributed by atoms with Gasteiger partial charge in [-0.2, -0.15) is 13.2 Å². The van der Waals surface area contributed by atoms with E-state index in [0.29, 0.717) is 19.6 Å². The molecule has 1 fully saturated rings. The Balaban J connectivity index is 1.66. The lowest BCUT2D eigenvalue weighted by Crippen LogP contribution is -2.54. The topological polar surface area (TPSA) is 32.8 Å². The number of carbonyl (C=O) groups excluding carboxylic acids is 1. The summed E-state index contributed by atoms with van der Waals surface area (Å²) in [5.41, 5.74) is 1.91. The quantitative estimate of drug-likeness (QED) is 0.625. The molecule has 2 atom stereocenters. The van der Waals surface area contributed by atoms with Crippen molar-refractivity contribution >= 4 is 11.8 Å². The normalized spacial score (nSPS) is 17.5. The average Bonchev–Trinajstić information content (AvgIpc) is 2.77. The maximum atomic E-state index is 13.0. The van der Waals surface area contributed by atoms with E-state index in [1.54, 1.807) is 24.0 Å². The number of piperazine rings is 1. The van der Waals surface area contributed by atoms with E-state index in [4.69, 9.17) is 4.74 Å². The molecular weight excluding hydrogens is 405 g/mol. The van der Waals surface area contributed by atoms with E-state index in [1.165, 1.54) is 12.1 Å². The Morgan fingerprint density at radius 2 is 1.81 bits per heavy atom. The number of anilines is 1. The summed E-state index contributed by atoms with van der Waals surface area (Å²) in [5, 5.41) is 0. The number of hydrogen-bond donors (Lipinski definition) is 0. The van der Waals surface area contributed by atoms with Crippen LogP contribution >= 0.6 is 0 Å². The van der Waals surface area contributed by atoms with Gasteiger partial charge in [0.1, 0.15) is 12.6 Å². The molecule has 4 nitrogen and oxygen atoms in total. The third-order valence-corrected chi connectivity index (χ3v) is 5.37. The fourth-order valence-electron chi connectivity index (χ4n) is 3.50. The van der Waals surface area contributed by atoms with E-state index in [9.17, 15) is 18.0 Å². The summed E-state index contributed by atoms with van der Waals surface area (Å²) >= 11 is 0. The second kappa shape index (κ2) is 9.78. The Morgan fingerprint density at radius 3 is 2.42 bits per heavy atom. The first kappa shape index (κ1) is 22.5. The molecule has 0 aromatic heterocycles. The minimum atomic E-state index is -4.27. The van der Waals surface area contributed by atoms with Gasteiger partial charge in [0.25, 0.3) is 0 Å². The SMILES string of the molecule is CC#C[C@H]1CN(C(=O)OCc2ccccc2)CCN1c1ccc(C(C)C(F)(F)F)cc1. The fraction of sp³-hybridized carbons (Fsp3) is 0.375. The molecule has 1 saturated heterocycles. The van der Waals surface area contributed by atoms with Crippen LogP contribution in [0, 0.1) is 11.8 Å². The van der Waals surface area contributed by atoms with E-state index >= 15 is 0 Å². The lowest BCUT2D eigenvalue weighted by molar-refractivity contribution is -0.146. The summed E-state index contributed by atoms with van der Waals surface area (Å²) in [4.78, 5) is 16.1. The number of alkyl halides is 3. The average molecular weight is 430 g/mol. The molecule has 1 aliphatic heterocycles. The zero-order chi connectivity index (χ0) is 22.4. The van der Waals surface area contributed by atoms with Crippen LogP contribution in [0.5, 0.6) is 0 Å². The third-order valence-electron chi connectivity index (χ3n) is 5.37. The van der Waals surface area contributed by atoms with Crippen LogP contribution in [0.4, 0.5) is 23.7 Å². The number of halogens is 3. The Labute approximate surface area is 180 Å². The summed E-state index contributed by atoms with van der Waals surface area (Å²) in [5.74, 6) is 4.46. The van der Waals surface area contributed by atoms with Crippen LogP contribution in [0.3, 0.4) is 0 Å². The van der Waals surface area contributed by atoms with Crippen molar-refractivity contribution in [2.24, 2.45) is 0 Å². The Hall–Kier alpha value is -3.14. The van der Waals surface area contributed by atoms with Crippen LogP contribution in [0.15, 0.2) is 54.6 Å². The maximum Gasteiger partial charge on any atom is 0.410 e. The molecule has 7 heteroatoms. The van der Waals surface area contributed by atoms with Crippen LogP contribution < -0.4 is 4.90 Å². The van der Waals surface area contributed by atoms with Gasteiger partial charge >= 0.3 is 12.3 Å². The molecule has 0 bridgehead atoms. The minimum Gasteiger partial charge on any atom is -0.445 e. The number of rotatable bonds is 4. The van der Waals surface area contributed by atoms with Crippen molar-refractivity contribution in [1.29, 1.82) is 0 Å². The maximum absolute atomic E-state index is 13.0. The molecular formula is C24H25F3N2O2. The van der Waals surface area contributed by atoms with Gasteiger partial charge in [0.05, 0.1) is 12.5 Å². The first-order valence-corrected chi connectivity index (χ1v) is 10.1. The predicted molar refractivity (Wildman–Crippen MR) is 114 cm³/mol. The summed E-state index contributed by atoms with van der Waals surface area (Å²) < 4.78 is 44.3. The van der Waals surface area contributed by atoms with E-state index in [2.05, 4.69) is 11.8 Å². The molecule has 3 rings (SSSR count). The van der Waals surface area contributed by atoms with Gasteiger partial charge in [-0.25, -0.2) is 4.79 Å². The number of hydrogen-bond acceptors (Lipinski definition) is 3. The van der Waals surface area contributed by atoms with Gasteiger partial charge in [0.15, 0.2) is 0 Å². The van der Waals surface area contributed by atoms with Crippen molar-refractivity contribution in [1.82, 2.24) is 4.90 Å². The van der Waals surface area contributed by atoms with E-state index in [0.717, 1.165) is 18.2 Å². The Morgan fingerprint density at radius 1 is 1.13 bits per heavy atom. The highest BCUT2D eigenvalue weighted by Gasteiger charge is 2.37. The standard InChI is InChI=1S/C24H25F3N2O2/c1-3-7-22-16-28(23(30)31-17-19-8-5-4-6-9-19)14-15-29(22)21-12-10-20(11-13-21)18(2)24(25,26)27/h4-6,8-13,18,22H,14-17H2,1-2H3/t18?,22-/m0/s1. The lowest BCUT2D eigenvalue weighted by atomic mass is 10.00. The molecule has 0 aliphatic carbocycles. The highest BCUT2D eigenvalue weighted by atomic mass is 19.4. The van der Waals surface area contributed by atoms with E-state index < -0.39 is 18.2 Å². The number of benzene rings is 2. The second-order valence-electron chi connectivity index (χ2n) is 7.44. The van der Waals surface area contributed by atoms with Crippen molar-refractivity contribution in [3.05, 3.63) is 65.7 Å². The molecule has 1 unspecified atom stereocenters. The van der Waals surface area contributed by atoms with Gasteiger partial charge in [0.2, 0.25) is 0 Å². The van der Waals surface area contributed by atoms with Gasteiger partial charge < -0.3 is 14.5 Å². The van der Waals surface area contributed by atoms with Crippen LogP contribution in [0.25, 0.3) is 0 Å². The van der Waals surface area contributed by atoms with Gasteiger partial charge in [-0.05, 0) is 37.1 Å². The van der Waals surface area contributed by atoms with Crippen LogP contribution in [-0.4, -0.2) is 42.8 Å². The molecule has 1 heterocycles. The molecule has 164 valence electrons. The smallest absolute Gasteiger partial charge is 0.410 e. The second-order valence-corrected chi connectivity index (χ2v) is 7.44. The van der Waals surface area contributed by atoms with Crippen molar-refractivity contribution in [2.75, 3.05) is 24.5 Å². The number of ether oxygens (including phenoxy) is 1. The van der Waals surface area contributed by atoms with Crippen molar-refractivity contribution < 1.29 is 22.7 Å². The predicted octanol–water partition coefficient (Wildman–Crippen LogP) is 5.20. The zero-order valence-corrected chi connectivity index (χ0v) is 17.5. The largest absolute Gasteiger partial charge is 0.445 e. The monoisotopic (exact) mass is 430 g/mol. The number of amides is 1. The molecule has 0 saturated carbocycles. The first-order valence-electron chi connectivity index (χ1n) is 10.1. The van der Waals surface area contributed by atoms with Gasteiger partial charge in [-0.15, -0.1) is 5.92 Å².